The van der Waals surface area contributed by atoms with Crippen molar-refractivity contribution >= 4 is 23.2 Å². The third-order valence-corrected chi connectivity index (χ3v) is 6.40. The van der Waals surface area contributed by atoms with Crippen LogP contribution in [0.1, 0.15) is 70.8 Å². The van der Waals surface area contributed by atoms with E-state index in [2.05, 4.69) is 18.3 Å². The van der Waals surface area contributed by atoms with Crippen LogP contribution in [0.25, 0.3) is 0 Å². The topological polar surface area (TPSA) is 119 Å². The molecule has 0 saturated heterocycles. The van der Waals surface area contributed by atoms with Crippen molar-refractivity contribution in [2.75, 3.05) is 10.2 Å². The lowest BCUT2D eigenvalue weighted by Crippen LogP contribution is -2.36. The quantitative estimate of drug-likeness (QED) is 0.591. The number of benzene rings is 1. The number of rotatable bonds is 8. The van der Waals surface area contributed by atoms with Crippen LogP contribution in [0.3, 0.4) is 0 Å². The van der Waals surface area contributed by atoms with Gasteiger partial charge in [-0.05, 0) is 62.8 Å². The van der Waals surface area contributed by atoms with Gasteiger partial charge in [-0.25, -0.2) is 0 Å². The molecule has 1 saturated carbocycles. The molecule has 1 unspecified atom stereocenters. The molecule has 7 heteroatoms. The fourth-order valence-electron chi connectivity index (χ4n) is 4.62. The lowest BCUT2D eigenvalue weighted by Gasteiger charge is -2.29. The Labute approximate surface area is 183 Å². The predicted molar refractivity (Wildman–Crippen MR) is 120 cm³/mol. The molecular weight excluding hydrogens is 392 g/mol. The van der Waals surface area contributed by atoms with Gasteiger partial charge in [-0.2, -0.15) is 5.26 Å². The van der Waals surface area contributed by atoms with Crippen LogP contribution >= 0.6 is 0 Å². The van der Waals surface area contributed by atoms with Gasteiger partial charge in [0.25, 0.3) is 5.91 Å². The van der Waals surface area contributed by atoms with Gasteiger partial charge in [-0.3, -0.25) is 9.59 Å². The molecule has 1 atom stereocenters. The molecule has 7 nitrogen and oxygen atoms in total. The summed E-state index contributed by atoms with van der Waals surface area (Å²) in [6.45, 7) is 4.02. The summed E-state index contributed by atoms with van der Waals surface area (Å²) in [4.78, 5) is 26.6. The first-order chi connectivity index (χ1) is 14.8. The number of nitrogens with zero attached hydrogens (tertiary/aromatic N) is 2. The maximum Gasteiger partial charge on any atom is 0.255 e. The van der Waals surface area contributed by atoms with Crippen LogP contribution in [0, 0.1) is 11.3 Å². The average Bonchev–Trinajstić information content (AvgIpc) is 2.97. The molecule has 0 spiro atoms. The smallest absolute Gasteiger partial charge is 0.255 e. The van der Waals surface area contributed by atoms with Crippen molar-refractivity contribution in [3.63, 3.8) is 0 Å². The van der Waals surface area contributed by atoms with E-state index < -0.39 is 5.91 Å². The van der Waals surface area contributed by atoms with Crippen LogP contribution in [0.5, 0.6) is 0 Å². The Hall–Kier alpha value is -2.85. The average molecular weight is 425 g/mol. The number of carbonyl (C=O) groups is 2. The third kappa shape index (κ3) is 5.08. The summed E-state index contributed by atoms with van der Waals surface area (Å²) in [6.07, 6.45) is 5.61. The summed E-state index contributed by atoms with van der Waals surface area (Å²) in [5, 5.41) is 22.8. The van der Waals surface area contributed by atoms with Gasteiger partial charge in [0.05, 0.1) is 29.8 Å². The van der Waals surface area contributed by atoms with E-state index >= 15 is 0 Å². The maximum absolute atomic E-state index is 13.3. The number of hydrogen-bond acceptors (Lipinski definition) is 5. The molecule has 1 fully saturated rings. The molecular formula is C24H32N4O3. The largest absolute Gasteiger partial charge is 0.393 e. The summed E-state index contributed by atoms with van der Waals surface area (Å²) >= 11 is 0. The van der Waals surface area contributed by atoms with E-state index in [1.165, 1.54) is 0 Å². The predicted octanol–water partition coefficient (Wildman–Crippen LogP) is 3.37. The van der Waals surface area contributed by atoms with E-state index in [0.717, 1.165) is 50.5 Å². The molecule has 31 heavy (non-hydrogen) atoms. The molecule has 1 aromatic rings. The zero-order valence-corrected chi connectivity index (χ0v) is 18.4. The molecule has 3 rings (SSSR count). The molecule has 1 aliphatic heterocycles. The van der Waals surface area contributed by atoms with Crippen LogP contribution in [0.4, 0.5) is 11.4 Å². The number of unbranched alkanes of at least 4 members (excludes halogenated alkanes) is 1. The number of hydrogen-bond donors (Lipinski definition) is 3. The van der Waals surface area contributed by atoms with Crippen molar-refractivity contribution < 1.29 is 14.7 Å². The van der Waals surface area contributed by atoms with Gasteiger partial charge in [-0.1, -0.05) is 19.8 Å². The first-order valence-corrected chi connectivity index (χ1v) is 11.2. The highest BCUT2D eigenvalue weighted by Crippen LogP contribution is 2.37. The first-order valence-electron chi connectivity index (χ1n) is 11.2. The molecule has 166 valence electrons. The number of aliphatic hydroxyl groups excluding tert-OH is 1. The zero-order valence-electron chi connectivity index (χ0n) is 18.4. The van der Waals surface area contributed by atoms with Crippen LogP contribution in [0.2, 0.25) is 0 Å². The Kier molecular flexibility index (Phi) is 7.34. The molecule has 0 bridgehead atoms. The Morgan fingerprint density at radius 2 is 2.03 bits per heavy atom. The maximum atomic E-state index is 13.3. The van der Waals surface area contributed by atoms with Crippen molar-refractivity contribution in [3.8, 4) is 6.07 Å². The Balaban J connectivity index is 1.91. The number of amides is 2. The molecule has 1 aliphatic carbocycles. The van der Waals surface area contributed by atoms with E-state index in [1.807, 2.05) is 13.0 Å². The standard InChI is InChI=1S/C24H32N4O3/c1-3-4-5-22-15(2)20(13-23(26)30)24(31)28(22)18-9-6-16(14-25)21(12-18)27-17-7-10-19(29)11-8-17/h6,9,12,17,19,22,27,29H,3-5,7-8,10-11,13H2,1-2H3,(H2,26,30). The lowest BCUT2D eigenvalue weighted by atomic mass is 9.92. The van der Waals surface area contributed by atoms with Gasteiger partial charge in [-0.15, -0.1) is 0 Å². The van der Waals surface area contributed by atoms with Gasteiger partial charge in [0.2, 0.25) is 5.91 Å². The number of aliphatic hydroxyl groups is 1. The van der Waals surface area contributed by atoms with Gasteiger partial charge >= 0.3 is 0 Å². The van der Waals surface area contributed by atoms with E-state index in [-0.39, 0.29) is 30.5 Å². The summed E-state index contributed by atoms with van der Waals surface area (Å²) in [7, 11) is 0. The summed E-state index contributed by atoms with van der Waals surface area (Å²) in [5.41, 5.74) is 8.71. The van der Waals surface area contributed by atoms with Crippen LogP contribution in [-0.4, -0.2) is 35.1 Å². The highest BCUT2D eigenvalue weighted by atomic mass is 16.3. The minimum absolute atomic E-state index is 0.0599. The fourth-order valence-corrected chi connectivity index (χ4v) is 4.62. The van der Waals surface area contributed by atoms with E-state index in [0.29, 0.717) is 22.5 Å². The number of nitrogens with two attached hydrogens (primary N) is 1. The summed E-state index contributed by atoms with van der Waals surface area (Å²) < 4.78 is 0. The Morgan fingerprint density at radius 3 is 2.65 bits per heavy atom. The van der Waals surface area contributed by atoms with Gasteiger partial charge in [0.1, 0.15) is 6.07 Å². The Morgan fingerprint density at radius 1 is 1.32 bits per heavy atom. The monoisotopic (exact) mass is 424 g/mol. The molecule has 0 aromatic heterocycles. The van der Waals surface area contributed by atoms with Crippen molar-refractivity contribution in [1.82, 2.24) is 0 Å². The highest BCUT2D eigenvalue weighted by Gasteiger charge is 2.38. The molecule has 4 N–H and O–H groups in total. The molecule has 0 radical (unpaired) electrons. The van der Waals surface area contributed by atoms with Crippen molar-refractivity contribution in [3.05, 3.63) is 34.9 Å². The van der Waals surface area contributed by atoms with Gasteiger partial charge < -0.3 is 21.1 Å². The normalized spacial score (nSPS) is 23.7. The second kappa shape index (κ2) is 9.97. The van der Waals surface area contributed by atoms with Crippen LogP contribution in [0.15, 0.2) is 29.3 Å². The number of primary amides is 1. The van der Waals surface area contributed by atoms with E-state index in [1.54, 1.807) is 17.0 Å². The summed E-state index contributed by atoms with van der Waals surface area (Å²) in [5.74, 6) is -0.700. The third-order valence-electron chi connectivity index (χ3n) is 6.40. The highest BCUT2D eigenvalue weighted by molar-refractivity contribution is 6.12. The lowest BCUT2D eigenvalue weighted by molar-refractivity contribution is -0.120. The second-order valence-electron chi connectivity index (χ2n) is 8.63. The molecule has 1 heterocycles. The fraction of sp³-hybridized carbons (Fsp3) is 0.542. The number of carbonyl (C=O) groups excluding carboxylic acids is 2. The van der Waals surface area contributed by atoms with Gasteiger partial charge in [0, 0.05) is 17.3 Å². The summed E-state index contributed by atoms with van der Waals surface area (Å²) in [6, 6.07) is 7.69. The molecule has 2 aliphatic rings. The van der Waals surface area contributed by atoms with Crippen LogP contribution < -0.4 is 16.0 Å². The minimum Gasteiger partial charge on any atom is -0.393 e. The van der Waals surface area contributed by atoms with Crippen LogP contribution in [-0.2, 0) is 9.59 Å². The molecule has 2 amide bonds. The number of nitrogens with one attached hydrogen (secondary N) is 1. The first kappa shape index (κ1) is 22.8. The molecule has 1 aromatic carbocycles. The van der Waals surface area contributed by atoms with Crippen molar-refractivity contribution in [1.29, 1.82) is 5.26 Å². The number of nitriles is 1. The number of anilines is 2. The zero-order chi connectivity index (χ0) is 22.5. The minimum atomic E-state index is -0.513. The van der Waals surface area contributed by atoms with Crippen molar-refractivity contribution in [2.45, 2.75) is 83.4 Å². The second-order valence-corrected chi connectivity index (χ2v) is 8.63. The SMILES string of the molecule is CCCCC1C(C)=C(CC(N)=O)C(=O)N1c1ccc(C#N)c(NC2CCC(O)CC2)c1. The Bertz CT molecular complexity index is 910. The van der Waals surface area contributed by atoms with E-state index in [4.69, 9.17) is 5.73 Å². The van der Waals surface area contributed by atoms with E-state index in [9.17, 15) is 20.0 Å². The van der Waals surface area contributed by atoms with Crippen molar-refractivity contribution in [2.24, 2.45) is 5.73 Å². The van der Waals surface area contributed by atoms with Gasteiger partial charge in [0.15, 0.2) is 0 Å².